The van der Waals surface area contributed by atoms with E-state index in [4.69, 9.17) is 5.53 Å². The molecular weight excluding hydrogens is 324 g/mol. The van der Waals surface area contributed by atoms with Crippen molar-refractivity contribution in [2.75, 3.05) is 0 Å². The standard InChI is InChI=1S/C14H18N2O4S2/c15-16-11-22(19,20)14-8-6-13(7-9-14)21(17,18)10-12-4-2-1-3-5-12/h1-5,11,13-14H,6-10H2. The van der Waals surface area contributed by atoms with Crippen LogP contribution in [0.2, 0.25) is 0 Å². The highest BCUT2D eigenvalue weighted by Crippen LogP contribution is 2.29. The molecule has 2 rings (SSSR count). The second kappa shape index (κ2) is 6.73. The lowest BCUT2D eigenvalue weighted by atomic mass is 10.00. The van der Waals surface area contributed by atoms with E-state index >= 15 is 0 Å². The third-order valence-corrected chi connectivity index (χ3v) is 8.01. The van der Waals surface area contributed by atoms with Crippen molar-refractivity contribution in [3.8, 4) is 0 Å². The topological polar surface area (TPSA) is 105 Å². The normalized spacial score (nSPS) is 22.7. The summed E-state index contributed by atoms with van der Waals surface area (Å²) in [6.07, 6.45) is 1.18. The Hall–Kier alpha value is -1.50. The van der Waals surface area contributed by atoms with Gasteiger partial charge in [-0.25, -0.2) is 16.8 Å². The van der Waals surface area contributed by atoms with Crippen LogP contribution in [0.3, 0.4) is 0 Å². The maximum absolute atomic E-state index is 12.4. The average Bonchev–Trinajstić information content (AvgIpc) is 2.48. The van der Waals surface area contributed by atoms with Crippen LogP contribution in [-0.4, -0.2) is 37.7 Å². The van der Waals surface area contributed by atoms with Gasteiger partial charge >= 0.3 is 5.55 Å². The van der Waals surface area contributed by atoms with Gasteiger partial charge in [-0.3, -0.25) is 0 Å². The smallest absolute Gasteiger partial charge is 0.361 e. The lowest BCUT2D eigenvalue weighted by Gasteiger charge is -2.26. The highest BCUT2D eigenvalue weighted by molar-refractivity contribution is 8.04. The lowest BCUT2D eigenvalue weighted by molar-refractivity contribution is 0.00744. The number of hydrogen-bond donors (Lipinski definition) is 0. The summed E-state index contributed by atoms with van der Waals surface area (Å²) in [5.41, 5.74) is 9.65. The monoisotopic (exact) mass is 342 g/mol. The molecule has 0 spiro atoms. The fraction of sp³-hybridized carbons (Fsp3) is 0.500. The second-order valence-electron chi connectivity index (χ2n) is 5.50. The van der Waals surface area contributed by atoms with E-state index in [0.717, 1.165) is 5.56 Å². The van der Waals surface area contributed by atoms with Crippen molar-refractivity contribution in [1.29, 1.82) is 0 Å². The average molecular weight is 342 g/mol. The van der Waals surface area contributed by atoms with Crippen LogP contribution >= 0.6 is 0 Å². The molecule has 22 heavy (non-hydrogen) atoms. The largest absolute Gasteiger partial charge is 0.370 e. The highest BCUT2D eigenvalue weighted by atomic mass is 32.2. The van der Waals surface area contributed by atoms with Crippen LogP contribution in [0.4, 0.5) is 0 Å². The summed E-state index contributed by atoms with van der Waals surface area (Å²) >= 11 is 0. The summed E-state index contributed by atoms with van der Waals surface area (Å²) in [5, 5.41) is -1.17. The Morgan fingerprint density at radius 2 is 1.55 bits per heavy atom. The molecule has 6 nitrogen and oxygen atoms in total. The maximum Gasteiger partial charge on any atom is 0.370 e. The van der Waals surface area contributed by atoms with Gasteiger partial charge in [0.1, 0.15) is 0 Å². The number of benzene rings is 1. The van der Waals surface area contributed by atoms with Gasteiger partial charge in [-0.1, -0.05) is 30.3 Å². The SMILES string of the molecule is [N-]=[N+]=CS(=O)(=O)C1CCC(S(=O)(=O)Cc2ccccc2)CC1. The second-order valence-corrected chi connectivity index (χ2v) is 9.84. The summed E-state index contributed by atoms with van der Waals surface area (Å²) in [5.74, 6) is -0.0198. The number of hydrogen-bond acceptors (Lipinski definition) is 4. The molecule has 0 aliphatic heterocycles. The third kappa shape index (κ3) is 4.03. The first-order valence-corrected chi connectivity index (χ1v) is 10.3. The molecule has 0 amide bonds. The minimum absolute atomic E-state index is 0.0198. The molecule has 0 N–H and O–H groups in total. The van der Waals surface area contributed by atoms with Crippen molar-refractivity contribution in [2.24, 2.45) is 0 Å². The molecular formula is C14H18N2O4S2. The van der Waals surface area contributed by atoms with Gasteiger partial charge in [-0.15, -0.1) is 0 Å². The zero-order valence-corrected chi connectivity index (χ0v) is 13.6. The zero-order valence-electron chi connectivity index (χ0n) is 12.0. The van der Waals surface area contributed by atoms with E-state index in [0.29, 0.717) is 18.4 Å². The van der Waals surface area contributed by atoms with E-state index in [1.165, 1.54) is 0 Å². The quantitative estimate of drug-likeness (QED) is 0.350. The molecule has 1 aromatic carbocycles. The van der Waals surface area contributed by atoms with Crippen LogP contribution in [0.25, 0.3) is 5.53 Å². The Bertz CT molecular complexity index is 758. The van der Waals surface area contributed by atoms with Gasteiger partial charge in [-0.05, 0) is 31.2 Å². The molecule has 1 aromatic rings. The van der Waals surface area contributed by atoms with Crippen LogP contribution < -0.4 is 0 Å². The van der Waals surface area contributed by atoms with Crippen molar-refractivity contribution < 1.29 is 21.6 Å². The predicted molar refractivity (Wildman–Crippen MR) is 83.7 cm³/mol. The molecule has 0 radical (unpaired) electrons. The molecule has 120 valence electrons. The van der Waals surface area contributed by atoms with E-state index in [2.05, 4.69) is 4.79 Å². The highest BCUT2D eigenvalue weighted by Gasteiger charge is 2.36. The van der Waals surface area contributed by atoms with Gasteiger partial charge in [0, 0.05) is 0 Å². The van der Waals surface area contributed by atoms with Crippen molar-refractivity contribution in [3.63, 3.8) is 0 Å². The first kappa shape index (κ1) is 16.9. The number of nitrogens with zero attached hydrogens (tertiary/aromatic N) is 2. The number of rotatable bonds is 5. The summed E-state index contributed by atoms with van der Waals surface area (Å²) < 4.78 is 48.4. The Balaban J connectivity index is 2.03. The lowest BCUT2D eigenvalue weighted by Crippen LogP contribution is -2.34. The van der Waals surface area contributed by atoms with Crippen molar-refractivity contribution >= 4 is 25.2 Å². The minimum Gasteiger partial charge on any atom is -0.361 e. The van der Waals surface area contributed by atoms with Gasteiger partial charge in [0.25, 0.3) is 0 Å². The maximum atomic E-state index is 12.4. The van der Waals surface area contributed by atoms with Crippen LogP contribution in [0.15, 0.2) is 30.3 Å². The summed E-state index contributed by atoms with van der Waals surface area (Å²) in [6, 6.07) is 8.96. The van der Waals surface area contributed by atoms with Gasteiger partial charge in [-0.2, -0.15) is 4.79 Å². The molecule has 0 atom stereocenters. The predicted octanol–water partition coefficient (Wildman–Crippen LogP) is 1.59. The van der Waals surface area contributed by atoms with E-state index in [9.17, 15) is 16.8 Å². The van der Waals surface area contributed by atoms with Crippen LogP contribution in [0.5, 0.6) is 0 Å². The van der Waals surface area contributed by atoms with Crippen molar-refractivity contribution in [3.05, 3.63) is 41.4 Å². The minimum atomic E-state index is -3.60. The van der Waals surface area contributed by atoms with Crippen molar-refractivity contribution in [1.82, 2.24) is 0 Å². The van der Waals surface area contributed by atoms with Gasteiger partial charge in [0.2, 0.25) is 9.84 Å². The van der Waals surface area contributed by atoms with Crippen molar-refractivity contribution in [2.45, 2.75) is 41.9 Å². The Labute approximate surface area is 130 Å². The fourth-order valence-electron chi connectivity index (χ4n) is 2.80. The van der Waals surface area contributed by atoms with Crippen LogP contribution in [0, 0.1) is 0 Å². The molecule has 0 heterocycles. The zero-order chi connectivity index (χ0) is 16.2. The summed E-state index contributed by atoms with van der Waals surface area (Å²) in [7, 11) is -6.89. The van der Waals surface area contributed by atoms with E-state index in [1.807, 2.05) is 6.07 Å². The molecule has 0 bridgehead atoms. The van der Waals surface area contributed by atoms with Gasteiger partial charge in [0.15, 0.2) is 9.84 Å². The first-order valence-electron chi connectivity index (χ1n) is 7.02. The Morgan fingerprint density at radius 1 is 1.00 bits per heavy atom. The molecule has 1 aliphatic carbocycles. The molecule has 8 heteroatoms. The summed E-state index contributed by atoms with van der Waals surface area (Å²) in [4.78, 5) is 2.57. The van der Waals surface area contributed by atoms with Crippen LogP contribution in [0.1, 0.15) is 31.2 Å². The van der Waals surface area contributed by atoms with E-state index < -0.39 is 30.2 Å². The molecule has 0 saturated heterocycles. The Kier molecular flexibility index (Phi) is 5.16. The van der Waals surface area contributed by atoms with Gasteiger partial charge < -0.3 is 5.53 Å². The van der Waals surface area contributed by atoms with Crippen LogP contribution in [-0.2, 0) is 25.4 Å². The van der Waals surface area contributed by atoms with Gasteiger partial charge in [0.05, 0.1) is 16.3 Å². The fourth-order valence-corrected chi connectivity index (χ4v) is 5.91. The molecule has 1 fully saturated rings. The first-order chi connectivity index (χ1) is 10.3. The number of sulfone groups is 2. The molecule has 0 aromatic heterocycles. The Morgan fingerprint density at radius 3 is 2.09 bits per heavy atom. The van der Waals surface area contributed by atoms with E-state index in [-0.39, 0.29) is 18.6 Å². The third-order valence-electron chi connectivity index (χ3n) is 4.00. The van der Waals surface area contributed by atoms with E-state index in [1.54, 1.807) is 24.3 Å². The molecule has 1 aliphatic rings. The molecule has 1 saturated carbocycles. The summed E-state index contributed by atoms with van der Waals surface area (Å²) in [6.45, 7) is 0. The molecule has 0 unspecified atom stereocenters.